The average Bonchev–Trinajstić information content (AvgIpc) is 2.65. The maximum Gasteiger partial charge on any atom is 0.315 e. The van der Waals surface area contributed by atoms with Crippen LogP contribution in [0.25, 0.3) is 10.8 Å². The van der Waals surface area contributed by atoms with Gasteiger partial charge < -0.3 is 15.7 Å². The fourth-order valence-corrected chi connectivity index (χ4v) is 2.98. The van der Waals surface area contributed by atoms with Crippen LogP contribution in [0.1, 0.15) is 30.5 Å². The van der Waals surface area contributed by atoms with Crippen molar-refractivity contribution in [3.63, 3.8) is 0 Å². The van der Waals surface area contributed by atoms with E-state index in [2.05, 4.69) is 10.6 Å². The summed E-state index contributed by atoms with van der Waals surface area (Å²) in [5.41, 5.74) is 1.62. The molecule has 0 aromatic heterocycles. The molecule has 25 heavy (non-hydrogen) atoms. The molecule has 3 aromatic rings. The normalized spacial score (nSPS) is 11.9. The zero-order chi connectivity index (χ0) is 17.6. The second kappa shape index (κ2) is 7.71. The highest BCUT2D eigenvalue weighted by Gasteiger charge is 2.22. The minimum Gasteiger partial charge on any atom is -0.508 e. The number of hydrogen-bond acceptors (Lipinski definition) is 2. The number of amides is 2. The lowest BCUT2D eigenvalue weighted by Gasteiger charge is -2.22. The minimum atomic E-state index is -0.441. The first-order valence-electron chi connectivity index (χ1n) is 8.50. The summed E-state index contributed by atoms with van der Waals surface area (Å²) in [5.74, 6) is 0.170. The van der Waals surface area contributed by atoms with Gasteiger partial charge in [-0.3, -0.25) is 0 Å². The summed E-state index contributed by atoms with van der Waals surface area (Å²) in [7, 11) is 0. The van der Waals surface area contributed by atoms with Crippen LogP contribution in [0, 0.1) is 0 Å². The zero-order valence-corrected chi connectivity index (χ0v) is 14.2. The van der Waals surface area contributed by atoms with Gasteiger partial charge in [-0.1, -0.05) is 67.6 Å². The van der Waals surface area contributed by atoms with E-state index >= 15 is 0 Å². The van der Waals surface area contributed by atoms with Crippen LogP contribution in [0.2, 0.25) is 0 Å². The first-order valence-corrected chi connectivity index (χ1v) is 8.50. The molecular weight excluding hydrogens is 312 g/mol. The van der Waals surface area contributed by atoms with Gasteiger partial charge in [-0.25, -0.2) is 4.79 Å². The summed E-state index contributed by atoms with van der Waals surface area (Å²) in [6.45, 7) is 2.61. The van der Waals surface area contributed by atoms with Gasteiger partial charge in [0, 0.05) is 12.1 Å². The van der Waals surface area contributed by atoms with Crippen LogP contribution in [-0.4, -0.2) is 17.7 Å². The number of urea groups is 1. The van der Waals surface area contributed by atoms with Gasteiger partial charge >= 0.3 is 6.03 Å². The van der Waals surface area contributed by atoms with Crippen LogP contribution < -0.4 is 10.6 Å². The summed E-state index contributed by atoms with van der Waals surface area (Å²) >= 11 is 0. The van der Waals surface area contributed by atoms with Gasteiger partial charge in [0.15, 0.2) is 0 Å². The molecule has 0 radical (unpaired) electrons. The average molecular weight is 334 g/mol. The Morgan fingerprint density at radius 3 is 2.48 bits per heavy atom. The molecule has 128 valence electrons. The quantitative estimate of drug-likeness (QED) is 0.650. The fourth-order valence-electron chi connectivity index (χ4n) is 2.98. The fraction of sp³-hybridized carbons (Fsp3) is 0.190. The molecule has 4 heteroatoms. The van der Waals surface area contributed by atoms with Crippen molar-refractivity contribution < 1.29 is 9.90 Å². The van der Waals surface area contributed by atoms with Gasteiger partial charge in [0.05, 0.1) is 6.04 Å². The Kier molecular flexibility index (Phi) is 5.19. The Bertz CT molecular complexity index is 862. The molecule has 1 atom stereocenters. The van der Waals surface area contributed by atoms with Crippen molar-refractivity contribution >= 4 is 16.8 Å². The third kappa shape index (κ3) is 3.74. The first kappa shape index (κ1) is 16.8. The number of phenols is 1. The highest BCUT2D eigenvalue weighted by molar-refractivity contribution is 5.89. The van der Waals surface area contributed by atoms with Crippen molar-refractivity contribution in [2.75, 3.05) is 6.54 Å². The third-order valence-electron chi connectivity index (χ3n) is 4.18. The predicted octanol–water partition coefficient (Wildman–Crippen LogP) is 4.34. The van der Waals surface area contributed by atoms with E-state index in [1.807, 2.05) is 67.6 Å². The number of rotatable bonds is 5. The van der Waals surface area contributed by atoms with Crippen molar-refractivity contribution in [3.8, 4) is 5.75 Å². The SMILES string of the molecule is CCCNC(=O)NC(c1ccccc1)c1c(O)ccc2ccccc12. The molecule has 0 bridgehead atoms. The van der Waals surface area contributed by atoms with E-state index in [0.29, 0.717) is 12.1 Å². The van der Waals surface area contributed by atoms with Gasteiger partial charge in [-0.2, -0.15) is 0 Å². The molecule has 0 spiro atoms. The van der Waals surface area contributed by atoms with Gasteiger partial charge in [0.25, 0.3) is 0 Å². The van der Waals surface area contributed by atoms with Crippen molar-refractivity contribution in [2.24, 2.45) is 0 Å². The number of phenolic OH excluding ortho intramolecular Hbond substituents is 1. The van der Waals surface area contributed by atoms with Gasteiger partial charge in [-0.05, 0) is 28.8 Å². The Balaban J connectivity index is 2.09. The Morgan fingerprint density at radius 2 is 1.72 bits per heavy atom. The molecule has 3 aromatic carbocycles. The second-order valence-corrected chi connectivity index (χ2v) is 5.96. The highest BCUT2D eigenvalue weighted by Crippen LogP contribution is 2.35. The summed E-state index contributed by atoms with van der Waals surface area (Å²) < 4.78 is 0. The molecule has 0 fully saturated rings. The number of aromatic hydroxyl groups is 1. The largest absolute Gasteiger partial charge is 0.508 e. The number of carbonyl (C=O) groups excluding carboxylic acids is 1. The summed E-state index contributed by atoms with van der Waals surface area (Å²) in [5, 5.41) is 18.3. The van der Waals surface area contributed by atoms with E-state index in [1.165, 1.54) is 0 Å². The topological polar surface area (TPSA) is 61.4 Å². The minimum absolute atomic E-state index is 0.170. The lowest BCUT2D eigenvalue weighted by atomic mass is 9.93. The highest BCUT2D eigenvalue weighted by atomic mass is 16.3. The molecule has 0 aliphatic carbocycles. The van der Waals surface area contributed by atoms with Gasteiger partial charge in [0.1, 0.15) is 5.75 Å². The predicted molar refractivity (Wildman–Crippen MR) is 101 cm³/mol. The van der Waals surface area contributed by atoms with E-state index in [9.17, 15) is 9.90 Å². The zero-order valence-electron chi connectivity index (χ0n) is 14.2. The smallest absolute Gasteiger partial charge is 0.315 e. The third-order valence-corrected chi connectivity index (χ3v) is 4.18. The first-order chi connectivity index (χ1) is 12.2. The number of nitrogens with one attached hydrogen (secondary N) is 2. The lowest BCUT2D eigenvalue weighted by Crippen LogP contribution is -2.38. The van der Waals surface area contributed by atoms with Crippen LogP contribution in [-0.2, 0) is 0 Å². The van der Waals surface area contributed by atoms with Crippen LogP contribution in [0.3, 0.4) is 0 Å². The van der Waals surface area contributed by atoms with Crippen LogP contribution in [0.4, 0.5) is 4.79 Å². The van der Waals surface area contributed by atoms with Gasteiger partial charge in [0.2, 0.25) is 0 Å². The molecule has 3 rings (SSSR count). The molecular formula is C21H22N2O2. The molecule has 2 amide bonds. The molecule has 3 N–H and O–H groups in total. The van der Waals surface area contributed by atoms with Crippen LogP contribution >= 0.6 is 0 Å². The molecule has 1 unspecified atom stereocenters. The monoisotopic (exact) mass is 334 g/mol. The molecule has 0 aliphatic heterocycles. The molecule has 0 saturated heterocycles. The standard InChI is InChI=1S/C21H22N2O2/c1-2-14-22-21(25)23-20(16-9-4-3-5-10-16)19-17-11-7-6-8-15(17)12-13-18(19)24/h3-13,20,24H,2,14H2,1H3,(H2,22,23,25). The number of fused-ring (bicyclic) bond motifs is 1. The Morgan fingerprint density at radius 1 is 1.00 bits per heavy atom. The summed E-state index contributed by atoms with van der Waals surface area (Å²) in [6.07, 6.45) is 0.864. The van der Waals surface area contributed by atoms with E-state index in [1.54, 1.807) is 6.07 Å². The number of hydrogen-bond donors (Lipinski definition) is 3. The maximum absolute atomic E-state index is 12.3. The number of benzene rings is 3. The van der Waals surface area contributed by atoms with Crippen LogP contribution in [0.5, 0.6) is 5.75 Å². The van der Waals surface area contributed by atoms with E-state index in [0.717, 1.165) is 22.8 Å². The maximum atomic E-state index is 12.3. The molecule has 0 heterocycles. The Hall–Kier alpha value is -3.01. The van der Waals surface area contributed by atoms with Gasteiger partial charge in [-0.15, -0.1) is 0 Å². The molecule has 4 nitrogen and oxygen atoms in total. The Labute approximate surface area is 147 Å². The van der Waals surface area contributed by atoms with Crippen LogP contribution in [0.15, 0.2) is 66.7 Å². The second-order valence-electron chi connectivity index (χ2n) is 5.96. The van der Waals surface area contributed by atoms with E-state index in [4.69, 9.17) is 0 Å². The van der Waals surface area contributed by atoms with Crippen molar-refractivity contribution in [1.29, 1.82) is 0 Å². The van der Waals surface area contributed by atoms with Crippen molar-refractivity contribution in [2.45, 2.75) is 19.4 Å². The van der Waals surface area contributed by atoms with Crippen molar-refractivity contribution in [3.05, 3.63) is 77.9 Å². The van der Waals surface area contributed by atoms with E-state index < -0.39 is 6.04 Å². The van der Waals surface area contributed by atoms with E-state index in [-0.39, 0.29) is 11.8 Å². The molecule has 0 saturated carbocycles. The van der Waals surface area contributed by atoms with Crippen molar-refractivity contribution in [1.82, 2.24) is 10.6 Å². The number of carbonyl (C=O) groups is 1. The summed E-state index contributed by atoms with van der Waals surface area (Å²) in [4.78, 5) is 12.3. The summed E-state index contributed by atoms with van der Waals surface area (Å²) in [6, 6.07) is 20.4. The molecule has 0 aliphatic rings. The lowest BCUT2D eigenvalue weighted by molar-refractivity contribution is 0.238.